The van der Waals surface area contributed by atoms with E-state index in [9.17, 15) is 9.59 Å². The number of amides is 2. The highest BCUT2D eigenvalue weighted by atomic mass is 19.4. The number of anilines is 1. The Morgan fingerprint density at radius 3 is 1.32 bits per heavy atom. The van der Waals surface area contributed by atoms with Gasteiger partial charge in [-0.15, -0.1) is 0 Å². The molecule has 0 spiro atoms. The number of nitrogens with zero attached hydrogens (tertiary/aromatic N) is 5. The minimum Gasteiger partial charge on any atom is -0.357 e. The zero-order chi connectivity index (χ0) is 51.7. The predicted octanol–water partition coefficient (Wildman–Crippen LogP) is 12.4. The molecule has 17 heteroatoms. The summed E-state index contributed by atoms with van der Waals surface area (Å²) in [5.74, 6) is -1.60. The van der Waals surface area contributed by atoms with Gasteiger partial charge in [0.2, 0.25) is 0 Å². The molecule has 11 nitrogen and oxygen atoms in total. The van der Waals surface area contributed by atoms with Crippen molar-refractivity contribution in [2.45, 2.75) is 112 Å². The number of H-pyrrole nitrogens is 2. The average molecular weight is 1010 g/mol. The van der Waals surface area contributed by atoms with E-state index in [0.717, 1.165) is 43.9 Å². The number of hydrogen-bond acceptors (Lipinski definition) is 7. The Kier molecular flexibility index (Phi) is 12.7. The maximum atomic E-state index is 15.1. The molecule has 3 saturated heterocycles. The fraction of sp³-hybridized carbons (Fsp3) is 0.393. The maximum Gasteiger partial charge on any atom is 0.430 e. The van der Waals surface area contributed by atoms with Crippen LogP contribution in [-0.2, 0) is 35.7 Å². The highest BCUT2D eigenvalue weighted by Crippen LogP contribution is 2.50. The summed E-state index contributed by atoms with van der Waals surface area (Å²) in [6.07, 6.45) is -6.81. The van der Waals surface area contributed by atoms with Crippen LogP contribution in [0.25, 0.3) is 22.1 Å². The van der Waals surface area contributed by atoms with Crippen molar-refractivity contribution in [1.29, 1.82) is 0 Å². The first-order valence-corrected chi connectivity index (χ1v) is 24.7. The second-order valence-corrected chi connectivity index (χ2v) is 20.4. The summed E-state index contributed by atoms with van der Waals surface area (Å²) in [7, 11) is 1.82. The van der Waals surface area contributed by atoms with Crippen molar-refractivity contribution >= 4 is 39.6 Å². The van der Waals surface area contributed by atoms with Gasteiger partial charge < -0.3 is 34.1 Å². The van der Waals surface area contributed by atoms with Gasteiger partial charge in [-0.2, -0.15) is 26.3 Å². The fourth-order valence-electron chi connectivity index (χ4n) is 11.6. The normalized spacial score (nSPS) is 21.5. The van der Waals surface area contributed by atoms with Crippen molar-refractivity contribution in [3.05, 3.63) is 161 Å². The molecule has 2 N–H and O–H groups in total. The number of fused-ring (bicyclic) bond motifs is 2. The molecular weight excluding hydrogens is 949 g/mol. The lowest BCUT2D eigenvalue weighted by molar-refractivity contribution is -0.271. The lowest BCUT2D eigenvalue weighted by atomic mass is 9.87. The first-order valence-electron chi connectivity index (χ1n) is 24.7. The minimum atomic E-state index is -5.05. The van der Waals surface area contributed by atoms with E-state index in [0.29, 0.717) is 59.4 Å². The van der Waals surface area contributed by atoms with Gasteiger partial charge >= 0.3 is 12.4 Å². The molecule has 0 aliphatic carbocycles. The number of methoxy groups -OCH3 is 2. The smallest absolute Gasteiger partial charge is 0.357 e. The Morgan fingerprint density at radius 1 is 0.534 bits per heavy atom. The molecular formula is C56H57F6N7O4. The minimum absolute atomic E-state index is 0.0905. The van der Waals surface area contributed by atoms with Gasteiger partial charge in [0.25, 0.3) is 23.0 Å². The van der Waals surface area contributed by atoms with E-state index >= 15 is 26.3 Å². The second kappa shape index (κ2) is 18.6. The first-order chi connectivity index (χ1) is 34.8. The number of aromatic nitrogens is 4. The van der Waals surface area contributed by atoms with Gasteiger partial charge in [0, 0.05) is 44.1 Å². The van der Waals surface area contributed by atoms with Crippen LogP contribution in [0.1, 0.15) is 123 Å². The second-order valence-electron chi connectivity index (χ2n) is 20.4. The Labute approximate surface area is 418 Å². The van der Waals surface area contributed by atoms with Crippen LogP contribution < -0.4 is 4.90 Å². The van der Waals surface area contributed by atoms with Crippen LogP contribution in [0.15, 0.2) is 121 Å². The molecule has 0 saturated carbocycles. The molecule has 10 rings (SSSR count). The number of hydrogen-bond donors (Lipinski definition) is 2. The maximum absolute atomic E-state index is 15.1. The third-order valence-corrected chi connectivity index (χ3v) is 15.3. The molecule has 0 bridgehead atoms. The first kappa shape index (κ1) is 49.8. The Bertz CT molecular complexity index is 2950. The summed E-state index contributed by atoms with van der Waals surface area (Å²) in [5, 5.41) is 0. The number of rotatable bonds is 11. The standard InChI is InChI=1S/C56H57F6N7O4/c1-52(2,3)36-22-24-39(25-23-36)69-44(34-20-26-40-42(32-34)65-48(63-40)46-18-12-30-67(46)50(70)53(72-4,55(57,58)59)37-14-8-6-9-15-37)28-29-45(69)35-21-27-41-43(33-35)66-49(64-41)47-19-13-31-68(47)51(71)54(73-5,56(60,61)62)38-16-10-7-11-17-38/h6-11,14-17,20-27,32-33,44-47H,12-13,18-19,28-31H2,1-5H3,(H,63,65)(H,64,66)/t44-,45?,46+,47+,53?,54?/m1/s1. The molecule has 382 valence electrons. The zero-order valence-electron chi connectivity index (χ0n) is 41.2. The zero-order valence-corrected chi connectivity index (χ0v) is 41.2. The van der Waals surface area contributed by atoms with Gasteiger partial charge in [-0.1, -0.05) is 106 Å². The molecule has 2 amide bonds. The fourth-order valence-corrected chi connectivity index (χ4v) is 11.6. The van der Waals surface area contributed by atoms with Crippen LogP contribution in [0, 0.1) is 0 Å². The summed E-state index contributed by atoms with van der Waals surface area (Å²) >= 11 is 0. The van der Waals surface area contributed by atoms with Gasteiger partial charge in [-0.25, -0.2) is 9.97 Å². The van der Waals surface area contributed by atoms with Crippen molar-refractivity contribution < 1.29 is 45.4 Å². The number of ether oxygens (including phenoxy) is 2. The van der Waals surface area contributed by atoms with Crippen molar-refractivity contribution in [3.8, 4) is 0 Å². The van der Waals surface area contributed by atoms with Gasteiger partial charge in [0.1, 0.15) is 11.6 Å². The van der Waals surface area contributed by atoms with Crippen LogP contribution in [-0.4, -0.2) is 81.2 Å². The van der Waals surface area contributed by atoms with E-state index < -0.39 is 47.5 Å². The van der Waals surface area contributed by atoms with Crippen molar-refractivity contribution in [1.82, 2.24) is 29.7 Å². The molecule has 0 radical (unpaired) electrons. The molecule has 3 fully saturated rings. The van der Waals surface area contributed by atoms with Gasteiger partial charge in [-0.05, 0) is 97.0 Å². The van der Waals surface area contributed by atoms with E-state index in [1.165, 1.54) is 63.9 Å². The van der Waals surface area contributed by atoms with Crippen LogP contribution >= 0.6 is 0 Å². The molecule has 6 atom stereocenters. The average Bonchev–Trinajstić information content (AvgIpc) is 4.23. The lowest BCUT2D eigenvalue weighted by Crippen LogP contribution is -2.56. The number of alkyl halides is 6. The Morgan fingerprint density at radius 2 is 0.945 bits per heavy atom. The van der Waals surface area contributed by atoms with E-state index in [2.05, 4.69) is 59.9 Å². The number of halogens is 6. The number of benzene rings is 5. The van der Waals surface area contributed by atoms with Gasteiger partial charge in [0.15, 0.2) is 0 Å². The van der Waals surface area contributed by atoms with Crippen molar-refractivity contribution in [2.75, 3.05) is 32.2 Å². The molecule has 7 aromatic rings. The summed E-state index contributed by atoms with van der Waals surface area (Å²) in [4.78, 5) is 49.8. The molecule has 2 aromatic heterocycles. The highest BCUT2D eigenvalue weighted by Gasteiger charge is 2.66. The Balaban J connectivity index is 0.963. The van der Waals surface area contributed by atoms with Crippen LogP contribution in [0.4, 0.5) is 32.0 Å². The van der Waals surface area contributed by atoms with E-state index in [1.807, 2.05) is 36.4 Å². The van der Waals surface area contributed by atoms with Crippen molar-refractivity contribution in [2.24, 2.45) is 0 Å². The van der Waals surface area contributed by atoms with E-state index in [4.69, 9.17) is 19.4 Å². The van der Waals surface area contributed by atoms with Gasteiger partial charge in [0.05, 0.1) is 46.2 Å². The topological polar surface area (TPSA) is 120 Å². The SMILES string of the molecule is COC(C(=O)N1CCC[C@H]1c1nc2ccc(C3CC[C@H](c4ccc5nc([C@@H]6CCCN6C(=O)C(OC)(c6ccccc6)C(F)(F)F)[nH]c5c4)N3c3ccc(C(C)(C)C)cc3)cc2[nH]1)(c1ccccc1)C(F)(F)F. The van der Waals surface area contributed by atoms with Crippen molar-refractivity contribution in [3.63, 3.8) is 0 Å². The number of likely N-dealkylation sites (tertiary alicyclic amines) is 2. The van der Waals surface area contributed by atoms with Crippen LogP contribution in [0.5, 0.6) is 0 Å². The van der Waals surface area contributed by atoms with Crippen LogP contribution in [0.2, 0.25) is 0 Å². The Hall–Kier alpha value is -6.72. The van der Waals surface area contributed by atoms with E-state index in [1.54, 1.807) is 12.1 Å². The summed E-state index contributed by atoms with van der Waals surface area (Å²) < 4.78 is 101. The summed E-state index contributed by atoms with van der Waals surface area (Å²) in [5.41, 5.74) is -0.370. The third kappa shape index (κ3) is 8.41. The van der Waals surface area contributed by atoms with Crippen LogP contribution in [0.3, 0.4) is 0 Å². The molecule has 5 aromatic carbocycles. The largest absolute Gasteiger partial charge is 0.430 e. The number of carbonyl (C=O) groups is 2. The number of aromatic amines is 2. The number of nitrogens with one attached hydrogen (secondary N) is 2. The highest BCUT2D eigenvalue weighted by molar-refractivity contribution is 5.89. The monoisotopic (exact) mass is 1010 g/mol. The summed E-state index contributed by atoms with van der Waals surface area (Å²) in [6.45, 7) is 6.68. The molecule has 5 heterocycles. The lowest BCUT2D eigenvalue weighted by Gasteiger charge is -2.38. The predicted molar refractivity (Wildman–Crippen MR) is 264 cm³/mol. The summed E-state index contributed by atoms with van der Waals surface area (Å²) in [6, 6.07) is 32.7. The molecule has 73 heavy (non-hydrogen) atoms. The van der Waals surface area contributed by atoms with E-state index in [-0.39, 0.29) is 41.7 Å². The molecule has 3 unspecified atom stereocenters. The molecule has 3 aliphatic heterocycles. The number of carbonyl (C=O) groups excluding carboxylic acids is 2. The van der Waals surface area contributed by atoms with Gasteiger partial charge in [-0.3, -0.25) is 9.59 Å². The quantitative estimate of drug-likeness (QED) is 0.124. The molecule has 3 aliphatic rings. The third-order valence-electron chi connectivity index (χ3n) is 15.3. The number of imidazole rings is 2.